The third-order valence-electron chi connectivity index (χ3n) is 8.11. The largest absolute Gasteiger partial charge is 0.394 e. The van der Waals surface area contributed by atoms with Crippen LogP contribution in [0.15, 0.2) is 12.2 Å². The minimum absolute atomic E-state index is 0.0785. The molecule has 0 aromatic heterocycles. The van der Waals surface area contributed by atoms with Crippen LogP contribution >= 0.6 is 0 Å². The van der Waals surface area contributed by atoms with E-state index in [0.29, 0.717) is 6.42 Å². The highest BCUT2D eigenvalue weighted by Gasteiger charge is 2.44. The highest BCUT2D eigenvalue weighted by molar-refractivity contribution is 7.89. The van der Waals surface area contributed by atoms with Gasteiger partial charge in [0.25, 0.3) is 0 Å². The van der Waals surface area contributed by atoms with E-state index in [4.69, 9.17) is 9.47 Å². The number of ether oxygens (including phenoxy) is 2. The monoisotopic (exact) mass is 637 g/mol. The van der Waals surface area contributed by atoms with E-state index >= 15 is 0 Å². The van der Waals surface area contributed by atoms with Gasteiger partial charge in [-0.1, -0.05) is 122 Å². The molecule has 1 aliphatic heterocycles. The number of hydrogen-bond donors (Lipinski definition) is 6. The van der Waals surface area contributed by atoms with E-state index in [9.17, 15) is 34.0 Å². The maximum Gasteiger partial charge on any atom is 0.212 e. The average molecular weight is 638 g/mol. The Morgan fingerprint density at radius 1 is 0.767 bits per heavy atom. The fourth-order valence-corrected chi connectivity index (χ4v) is 6.63. The molecule has 0 spiro atoms. The molecule has 1 fully saturated rings. The minimum atomic E-state index is -3.73. The summed E-state index contributed by atoms with van der Waals surface area (Å²) in [5.74, 6) is -0.0785. The summed E-state index contributed by atoms with van der Waals surface area (Å²) in [4.78, 5) is 0. The average Bonchev–Trinajstić information content (AvgIpc) is 2.98. The molecule has 10 nitrogen and oxygen atoms in total. The molecule has 0 bridgehead atoms. The van der Waals surface area contributed by atoms with Crippen molar-refractivity contribution in [3.05, 3.63) is 12.2 Å². The van der Waals surface area contributed by atoms with Crippen molar-refractivity contribution in [1.29, 1.82) is 0 Å². The van der Waals surface area contributed by atoms with Crippen LogP contribution in [0.5, 0.6) is 0 Å². The van der Waals surface area contributed by atoms with Crippen LogP contribution in [0.2, 0.25) is 0 Å². The molecule has 0 amide bonds. The van der Waals surface area contributed by atoms with E-state index in [1.165, 1.54) is 57.8 Å². The zero-order chi connectivity index (χ0) is 31.9. The summed E-state index contributed by atoms with van der Waals surface area (Å²) in [7, 11) is -3.73. The van der Waals surface area contributed by atoms with E-state index in [2.05, 4.69) is 18.6 Å². The molecule has 1 rings (SSSR count). The first kappa shape index (κ1) is 40.4. The molecular weight excluding hydrogens is 574 g/mol. The fourth-order valence-electron chi connectivity index (χ4n) is 5.26. The van der Waals surface area contributed by atoms with E-state index in [-0.39, 0.29) is 12.4 Å². The first-order valence-corrected chi connectivity index (χ1v) is 18.6. The SMILES string of the molecule is CCCCCCCCCCCCC/C=C\C(O)C(CO[C@@H]1OC(CO)[C@@H](O)C(O)[C@@H]1O)NS(=O)(=O)CCCCCCCC. The van der Waals surface area contributed by atoms with Gasteiger partial charge in [0.15, 0.2) is 6.29 Å². The van der Waals surface area contributed by atoms with E-state index in [1.54, 1.807) is 6.08 Å². The topological polar surface area (TPSA) is 166 Å². The van der Waals surface area contributed by atoms with Gasteiger partial charge in [-0.3, -0.25) is 0 Å². The number of rotatable bonds is 27. The van der Waals surface area contributed by atoms with Crippen molar-refractivity contribution in [2.24, 2.45) is 0 Å². The van der Waals surface area contributed by atoms with Crippen LogP contribution in [0.3, 0.4) is 0 Å². The number of allylic oxidation sites excluding steroid dienone is 1. The Morgan fingerprint density at radius 2 is 1.28 bits per heavy atom. The minimum Gasteiger partial charge on any atom is -0.394 e. The summed E-state index contributed by atoms with van der Waals surface area (Å²) in [6.45, 7) is 3.39. The van der Waals surface area contributed by atoms with Crippen LogP contribution in [0.25, 0.3) is 0 Å². The summed E-state index contributed by atoms with van der Waals surface area (Å²) in [5, 5.41) is 50.6. The zero-order valence-corrected chi connectivity index (χ0v) is 27.6. The molecule has 6 N–H and O–H groups in total. The zero-order valence-electron chi connectivity index (χ0n) is 26.8. The lowest BCUT2D eigenvalue weighted by Crippen LogP contribution is -2.60. The Bertz CT molecular complexity index is 796. The van der Waals surface area contributed by atoms with Crippen LogP contribution in [-0.4, -0.2) is 95.8 Å². The van der Waals surface area contributed by atoms with Gasteiger partial charge in [-0.05, 0) is 19.3 Å². The van der Waals surface area contributed by atoms with E-state index in [1.807, 2.05) is 6.08 Å². The molecule has 256 valence electrons. The van der Waals surface area contributed by atoms with Crippen molar-refractivity contribution < 1.29 is 43.4 Å². The van der Waals surface area contributed by atoms with Crippen molar-refractivity contribution in [2.45, 2.75) is 172 Å². The molecule has 0 aliphatic carbocycles. The molecule has 1 saturated heterocycles. The molecule has 1 aliphatic rings. The van der Waals surface area contributed by atoms with Crippen molar-refractivity contribution >= 4 is 10.0 Å². The smallest absolute Gasteiger partial charge is 0.212 e. The highest BCUT2D eigenvalue weighted by Crippen LogP contribution is 2.22. The summed E-state index contributed by atoms with van der Waals surface area (Å²) < 4.78 is 39.2. The van der Waals surface area contributed by atoms with E-state index < -0.39 is 59.5 Å². The van der Waals surface area contributed by atoms with Gasteiger partial charge < -0.3 is 35.0 Å². The Morgan fingerprint density at radius 3 is 1.81 bits per heavy atom. The van der Waals surface area contributed by atoms with Gasteiger partial charge in [-0.25, -0.2) is 13.1 Å². The van der Waals surface area contributed by atoms with Gasteiger partial charge in [0.2, 0.25) is 10.0 Å². The van der Waals surface area contributed by atoms with Crippen LogP contribution in [0.4, 0.5) is 0 Å². The van der Waals surface area contributed by atoms with Gasteiger partial charge in [0, 0.05) is 0 Å². The lowest BCUT2D eigenvalue weighted by Gasteiger charge is -2.40. The van der Waals surface area contributed by atoms with Gasteiger partial charge in [-0.15, -0.1) is 0 Å². The molecule has 0 aromatic rings. The fraction of sp³-hybridized carbons (Fsp3) is 0.938. The Balaban J connectivity index is 2.59. The second-order valence-corrected chi connectivity index (χ2v) is 14.0. The quantitative estimate of drug-likeness (QED) is 0.0575. The standard InChI is InChI=1S/C32H63NO9S/c1-3-5-7-9-11-12-13-14-15-16-17-18-20-22-27(35)26(33-43(39,40)23-21-19-10-8-6-4-2)25-41-32-31(38)30(37)29(36)28(24-34)42-32/h20,22,26-38H,3-19,21,23-25H2,1-2H3/b22-20-/t26?,27?,28?,29-,30?,31+,32-/m1/s1. The molecule has 11 heteroatoms. The van der Waals surface area contributed by atoms with Gasteiger partial charge in [-0.2, -0.15) is 0 Å². The summed E-state index contributed by atoms with van der Waals surface area (Å²) in [6.07, 6.45) is 14.9. The number of aliphatic hydroxyl groups is 5. The first-order chi connectivity index (χ1) is 20.7. The number of aliphatic hydroxyl groups excluding tert-OH is 5. The second-order valence-electron chi connectivity index (χ2n) is 12.1. The van der Waals surface area contributed by atoms with Gasteiger partial charge >= 0.3 is 0 Å². The summed E-state index contributed by atoms with van der Waals surface area (Å²) >= 11 is 0. The molecule has 4 unspecified atom stereocenters. The van der Waals surface area contributed by atoms with Crippen molar-refractivity contribution in [3.63, 3.8) is 0 Å². The third-order valence-corrected chi connectivity index (χ3v) is 9.59. The molecular formula is C32H63NO9S. The number of unbranched alkanes of at least 4 members (excludes halogenated alkanes) is 16. The number of sulfonamides is 1. The maximum absolute atomic E-state index is 12.8. The number of nitrogens with one attached hydrogen (secondary N) is 1. The molecule has 0 saturated carbocycles. The van der Waals surface area contributed by atoms with Crippen molar-refractivity contribution in [3.8, 4) is 0 Å². The first-order valence-electron chi connectivity index (χ1n) is 16.9. The molecule has 0 radical (unpaired) electrons. The lowest BCUT2D eigenvalue weighted by atomic mass is 9.99. The van der Waals surface area contributed by atoms with Gasteiger partial charge in [0.1, 0.15) is 24.4 Å². The lowest BCUT2D eigenvalue weighted by molar-refractivity contribution is -0.302. The van der Waals surface area contributed by atoms with Crippen LogP contribution in [0.1, 0.15) is 129 Å². The predicted octanol–water partition coefficient (Wildman–Crippen LogP) is 4.07. The second kappa shape index (κ2) is 24.6. The molecule has 7 atom stereocenters. The van der Waals surface area contributed by atoms with Crippen LogP contribution in [0, 0.1) is 0 Å². The normalized spacial score (nSPS) is 24.5. The molecule has 43 heavy (non-hydrogen) atoms. The van der Waals surface area contributed by atoms with Crippen LogP contribution < -0.4 is 4.72 Å². The summed E-state index contributed by atoms with van der Waals surface area (Å²) in [5.41, 5.74) is 0. The van der Waals surface area contributed by atoms with Gasteiger partial charge in [0.05, 0.1) is 31.1 Å². The highest BCUT2D eigenvalue weighted by atomic mass is 32.2. The Labute approximate surface area is 261 Å². The third kappa shape index (κ3) is 18.2. The number of hydrogen-bond acceptors (Lipinski definition) is 9. The summed E-state index contributed by atoms with van der Waals surface area (Å²) in [6, 6.07) is -1.06. The van der Waals surface area contributed by atoms with Crippen molar-refractivity contribution in [1.82, 2.24) is 4.72 Å². The van der Waals surface area contributed by atoms with Crippen molar-refractivity contribution in [2.75, 3.05) is 19.0 Å². The van der Waals surface area contributed by atoms with E-state index in [0.717, 1.165) is 51.4 Å². The maximum atomic E-state index is 12.8. The molecule has 1 heterocycles. The van der Waals surface area contributed by atoms with Crippen LogP contribution in [-0.2, 0) is 19.5 Å². The Kier molecular flexibility index (Phi) is 23.1. The predicted molar refractivity (Wildman–Crippen MR) is 170 cm³/mol. The Hall–Kier alpha value is -0.630. The molecule has 0 aromatic carbocycles.